The van der Waals surface area contributed by atoms with Crippen molar-refractivity contribution >= 4 is 34.8 Å². The van der Waals surface area contributed by atoms with Gasteiger partial charge in [-0.3, -0.25) is 4.79 Å². The number of nitrogens with zero attached hydrogens (tertiary/aromatic N) is 1. The fraction of sp³-hybridized carbons (Fsp3) is 0.250. The third kappa shape index (κ3) is 3.96. The smallest absolute Gasteiger partial charge is 0.255 e. The minimum atomic E-state index is -0.266. The molecule has 1 aromatic heterocycles. The topological polar surface area (TPSA) is 42.0 Å². The fourth-order valence-corrected chi connectivity index (χ4v) is 2.16. The molecule has 0 aliphatic rings. The largest absolute Gasteiger partial charge is 0.321 e. The molecule has 0 bridgehead atoms. The number of rotatable bonds is 2. The van der Waals surface area contributed by atoms with Crippen LogP contribution in [0.5, 0.6) is 0 Å². The van der Waals surface area contributed by atoms with Gasteiger partial charge in [-0.25, -0.2) is 4.98 Å². The molecule has 0 saturated carbocycles. The number of carbonyl (C=O) groups excluding carboxylic acids is 1. The summed E-state index contributed by atoms with van der Waals surface area (Å²) in [6.45, 7) is 6.05. The van der Waals surface area contributed by atoms with E-state index in [0.29, 0.717) is 21.4 Å². The van der Waals surface area contributed by atoms with E-state index in [-0.39, 0.29) is 11.3 Å². The predicted molar refractivity (Wildman–Crippen MR) is 87.4 cm³/mol. The number of carbonyl (C=O) groups is 1. The van der Waals surface area contributed by atoms with Crippen molar-refractivity contribution in [1.82, 2.24) is 4.98 Å². The van der Waals surface area contributed by atoms with Crippen LogP contribution >= 0.6 is 23.2 Å². The van der Waals surface area contributed by atoms with Crippen LogP contribution in [0.3, 0.4) is 0 Å². The normalized spacial score (nSPS) is 11.3. The third-order valence-corrected chi connectivity index (χ3v) is 3.47. The Bertz CT molecular complexity index is 678. The number of pyridine rings is 1. The van der Waals surface area contributed by atoms with Crippen LogP contribution in [0.15, 0.2) is 36.4 Å². The van der Waals surface area contributed by atoms with E-state index in [0.717, 1.165) is 5.69 Å². The Morgan fingerprint density at radius 2 is 1.81 bits per heavy atom. The summed E-state index contributed by atoms with van der Waals surface area (Å²) in [5, 5.41) is 3.56. The molecule has 0 radical (unpaired) electrons. The molecular formula is C16H16Cl2N2O. The molecule has 0 atom stereocenters. The summed E-state index contributed by atoms with van der Waals surface area (Å²) in [5.41, 5.74) is 1.60. The molecule has 21 heavy (non-hydrogen) atoms. The zero-order chi connectivity index (χ0) is 15.6. The molecule has 110 valence electrons. The van der Waals surface area contributed by atoms with Gasteiger partial charge in [0.05, 0.1) is 10.7 Å². The van der Waals surface area contributed by atoms with Crippen LogP contribution in [0.1, 0.15) is 36.8 Å². The Morgan fingerprint density at radius 1 is 1.14 bits per heavy atom. The molecule has 5 heteroatoms. The van der Waals surface area contributed by atoms with Gasteiger partial charge in [0.15, 0.2) is 0 Å². The maximum absolute atomic E-state index is 12.3. The Kier molecular flexibility index (Phi) is 4.55. The van der Waals surface area contributed by atoms with Gasteiger partial charge in [0.25, 0.3) is 5.91 Å². The van der Waals surface area contributed by atoms with Gasteiger partial charge in [-0.05, 0) is 24.3 Å². The van der Waals surface area contributed by atoms with Crippen LogP contribution in [0, 0.1) is 0 Å². The molecule has 2 aromatic rings. The number of hydrogen-bond donors (Lipinski definition) is 1. The Hall–Kier alpha value is -1.58. The first-order valence-corrected chi connectivity index (χ1v) is 7.27. The zero-order valence-corrected chi connectivity index (χ0v) is 13.6. The molecule has 1 aromatic carbocycles. The van der Waals surface area contributed by atoms with Crippen molar-refractivity contribution in [1.29, 1.82) is 0 Å². The lowest BCUT2D eigenvalue weighted by molar-refractivity contribution is 0.102. The van der Waals surface area contributed by atoms with E-state index in [2.05, 4.69) is 10.3 Å². The molecule has 2 rings (SSSR count). The number of benzene rings is 1. The molecule has 1 N–H and O–H groups in total. The number of aromatic nitrogens is 1. The minimum Gasteiger partial charge on any atom is -0.321 e. The van der Waals surface area contributed by atoms with Gasteiger partial charge in [-0.1, -0.05) is 56.1 Å². The van der Waals surface area contributed by atoms with Gasteiger partial charge in [-0.2, -0.15) is 0 Å². The van der Waals surface area contributed by atoms with Crippen molar-refractivity contribution in [3.8, 4) is 0 Å². The first-order valence-electron chi connectivity index (χ1n) is 6.51. The first-order chi connectivity index (χ1) is 9.77. The second-order valence-electron chi connectivity index (χ2n) is 5.75. The quantitative estimate of drug-likeness (QED) is 0.796. The summed E-state index contributed by atoms with van der Waals surface area (Å²) in [6.07, 6.45) is 0. The van der Waals surface area contributed by atoms with E-state index in [9.17, 15) is 4.79 Å². The summed E-state index contributed by atoms with van der Waals surface area (Å²) in [7, 11) is 0. The van der Waals surface area contributed by atoms with E-state index in [4.69, 9.17) is 23.2 Å². The standard InChI is InChI=1S/C16H16Cl2N2O/c1-16(2,3)13-8-10(9-14(18)20-13)15(21)19-12-7-5-4-6-11(12)17/h4-9H,1-3H3,(H,19,21). The van der Waals surface area contributed by atoms with Crippen LogP contribution in [-0.2, 0) is 5.41 Å². The molecule has 0 aliphatic carbocycles. The molecule has 1 heterocycles. The highest BCUT2D eigenvalue weighted by Crippen LogP contribution is 2.25. The lowest BCUT2D eigenvalue weighted by Gasteiger charge is -2.18. The highest BCUT2D eigenvalue weighted by atomic mass is 35.5. The van der Waals surface area contributed by atoms with Crippen molar-refractivity contribution in [2.75, 3.05) is 5.32 Å². The van der Waals surface area contributed by atoms with E-state index in [1.165, 1.54) is 0 Å². The van der Waals surface area contributed by atoms with E-state index in [1.54, 1.807) is 30.3 Å². The Morgan fingerprint density at radius 3 is 2.43 bits per heavy atom. The second-order valence-corrected chi connectivity index (χ2v) is 6.54. The van der Waals surface area contributed by atoms with Gasteiger partial charge < -0.3 is 5.32 Å². The highest BCUT2D eigenvalue weighted by Gasteiger charge is 2.19. The maximum atomic E-state index is 12.3. The summed E-state index contributed by atoms with van der Waals surface area (Å²) in [6, 6.07) is 10.4. The van der Waals surface area contributed by atoms with Crippen LogP contribution in [-0.4, -0.2) is 10.9 Å². The van der Waals surface area contributed by atoms with Crippen molar-refractivity contribution in [2.24, 2.45) is 0 Å². The lowest BCUT2D eigenvalue weighted by atomic mass is 9.91. The Labute approximate surface area is 134 Å². The predicted octanol–water partition coefficient (Wildman–Crippen LogP) is 4.94. The van der Waals surface area contributed by atoms with Crippen molar-refractivity contribution in [3.05, 3.63) is 57.8 Å². The van der Waals surface area contributed by atoms with E-state index >= 15 is 0 Å². The average Bonchev–Trinajstić information content (AvgIpc) is 2.39. The van der Waals surface area contributed by atoms with Crippen LogP contribution in [0.4, 0.5) is 5.69 Å². The SMILES string of the molecule is CC(C)(C)c1cc(C(=O)Nc2ccccc2Cl)cc(Cl)n1. The van der Waals surface area contributed by atoms with Gasteiger partial charge in [0.2, 0.25) is 0 Å². The summed E-state index contributed by atoms with van der Waals surface area (Å²) in [4.78, 5) is 16.6. The fourth-order valence-electron chi connectivity index (χ4n) is 1.77. The third-order valence-electron chi connectivity index (χ3n) is 2.95. The summed E-state index contributed by atoms with van der Waals surface area (Å²) < 4.78 is 0. The number of hydrogen-bond acceptors (Lipinski definition) is 2. The lowest BCUT2D eigenvalue weighted by Crippen LogP contribution is -2.17. The second kappa shape index (κ2) is 6.04. The van der Waals surface area contributed by atoms with E-state index in [1.807, 2.05) is 26.8 Å². The first kappa shape index (κ1) is 15.8. The van der Waals surface area contributed by atoms with Gasteiger partial charge in [0, 0.05) is 16.7 Å². The number of para-hydroxylation sites is 1. The van der Waals surface area contributed by atoms with Gasteiger partial charge >= 0.3 is 0 Å². The van der Waals surface area contributed by atoms with Crippen molar-refractivity contribution in [3.63, 3.8) is 0 Å². The molecule has 3 nitrogen and oxygen atoms in total. The minimum absolute atomic E-state index is 0.190. The van der Waals surface area contributed by atoms with Crippen molar-refractivity contribution in [2.45, 2.75) is 26.2 Å². The molecule has 0 spiro atoms. The van der Waals surface area contributed by atoms with Crippen molar-refractivity contribution < 1.29 is 4.79 Å². The molecule has 0 fully saturated rings. The van der Waals surface area contributed by atoms with E-state index < -0.39 is 0 Å². The molecule has 0 aliphatic heterocycles. The number of nitrogens with one attached hydrogen (secondary N) is 1. The van der Waals surface area contributed by atoms with Crippen LogP contribution in [0.2, 0.25) is 10.2 Å². The van der Waals surface area contributed by atoms with Gasteiger partial charge in [0.1, 0.15) is 5.15 Å². The molecular weight excluding hydrogens is 307 g/mol. The number of anilines is 1. The van der Waals surface area contributed by atoms with Crippen LogP contribution in [0.25, 0.3) is 0 Å². The van der Waals surface area contributed by atoms with Gasteiger partial charge in [-0.15, -0.1) is 0 Å². The highest BCUT2D eigenvalue weighted by molar-refractivity contribution is 6.34. The number of amides is 1. The number of halogens is 2. The molecule has 1 amide bonds. The monoisotopic (exact) mass is 322 g/mol. The molecule has 0 saturated heterocycles. The summed E-state index contributed by atoms with van der Waals surface area (Å²) in [5.74, 6) is -0.266. The Balaban J connectivity index is 2.32. The summed E-state index contributed by atoms with van der Waals surface area (Å²) >= 11 is 12.1. The zero-order valence-electron chi connectivity index (χ0n) is 12.1. The molecule has 0 unspecified atom stereocenters. The van der Waals surface area contributed by atoms with Crippen LogP contribution < -0.4 is 5.32 Å². The average molecular weight is 323 g/mol. The maximum Gasteiger partial charge on any atom is 0.255 e.